The Morgan fingerprint density at radius 2 is 2.27 bits per heavy atom. The minimum absolute atomic E-state index is 0.104. The molecule has 2 aliphatic rings. The lowest BCUT2D eigenvalue weighted by Gasteiger charge is -2.31. The van der Waals surface area contributed by atoms with Gasteiger partial charge in [-0.2, -0.15) is 5.06 Å². The summed E-state index contributed by atoms with van der Waals surface area (Å²) >= 11 is 0. The molecule has 0 aromatic carbocycles. The van der Waals surface area contributed by atoms with Crippen LogP contribution >= 0.6 is 0 Å². The minimum Gasteiger partial charge on any atom is -0.351 e. The van der Waals surface area contributed by atoms with E-state index in [-0.39, 0.29) is 30.6 Å². The summed E-state index contributed by atoms with van der Waals surface area (Å²) in [6.45, 7) is 12.4. The molecule has 2 aliphatic heterocycles. The molecule has 1 fully saturated rings. The SMILES string of the molecule is C=CCON1C(=O)N2CC1C=C(C)C2C(=O)NC(CC)CCN(C)CC. The third kappa shape index (κ3) is 4.45. The predicted octanol–water partition coefficient (Wildman–Crippen LogP) is 1.78. The van der Waals surface area contributed by atoms with E-state index in [4.69, 9.17) is 4.84 Å². The average molecular weight is 364 g/mol. The van der Waals surface area contributed by atoms with Crippen molar-refractivity contribution in [2.45, 2.75) is 51.7 Å². The number of urea groups is 1. The van der Waals surface area contributed by atoms with Gasteiger partial charge in [-0.3, -0.25) is 9.63 Å². The number of hydrogen-bond acceptors (Lipinski definition) is 4. The molecule has 0 aromatic rings. The molecule has 0 saturated carbocycles. The lowest BCUT2D eigenvalue weighted by atomic mass is 9.99. The van der Waals surface area contributed by atoms with E-state index >= 15 is 0 Å². The lowest BCUT2D eigenvalue weighted by Crippen LogP contribution is -2.52. The fraction of sp³-hybridized carbons (Fsp3) is 0.684. The summed E-state index contributed by atoms with van der Waals surface area (Å²) < 4.78 is 0. The Labute approximate surface area is 156 Å². The third-order valence-corrected chi connectivity index (χ3v) is 5.14. The van der Waals surface area contributed by atoms with Crippen LogP contribution in [-0.4, -0.2) is 78.2 Å². The first-order valence-electron chi connectivity index (χ1n) is 9.43. The average Bonchev–Trinajstić information content (AvgIpc) is 2.87. The van der Waals surface area contributed by atoms with Gasteiger partial charge in [0, 0.05) is 6.04 Å². The number of nitrogens with one attached hydrogen (secondary N) is 1. The highest BCUT2D eigenvalue weighted by Crippen LogP contribution is 2.29. The molecular formula is C19H32N4O3. The standard InChI is InChI=1S/C19H32N4O3/c1-6-11-26-23-16-12-14(4)17(22(13-16)19(23)25)18(24)20-15(7-2)9-10-21(5)8-3/h6,12,15-17H,1,7-11,13H2,2-5H3,(H,20,24). The van der Waals surface area contributed by atoms with Gasteiger partial charge in [0.2, 0.25) is 5.91 Å². The second-order valence-corrected chi connectivity index (χ2v) is 7.02. The van der Waals surface area contributed by atoms with Crippen LogP contribution in [0.4, 0.5) is 4.79 Å². The van der Waals surface area contributed by atoms with E-state index in [1.165, 1.54) is 5.06 Å². The van der Waals surface area contributed by atoms with Crippen LogP contribution in [0.15, 0.2) is 24.3 Å². The van der Waals surface area contributed by atoms with Gasteiger partial charge in [-0.15, -0.1) is 6.58 Å². The fourth-order valence-corrected chi connectivity index (χ4v) is 3.42. The molecule has 2 rings (SSSR count). The molecule has 0 spiro atoms. The summed E-state index contributed by atoms with van der Waals surface area (Å²) in [6.07, 6.45) is 5.32. The molecule has 3 atom stereocenters. The zero-order chi connectivity index (χ0) is 19.3. The molecule has 0 radical (unpaired) electrons. The van der Waals surface area contributed by atoms with Gasteiger partial charge in [-0.05, 0) is 45.5 Å². The van der Waals surface area contributed by atoms with Crippen LogP contribution in [0.25, 0.3) is 0 Å². The Kier molecular flexibility index (Phi) is 7.23. The van der Waals surface area contributed by atoms with Crippen molar-refractivity contribution in [3.05, 3.63) is 24.3 Å². The van der Waals surface area contributed by atoms with E-state index in [1.807, 2.05) is 13.0 Å². The number of rotatable bonds is 10. The van der Waals surface area contributed by atoms with Crippen molar-refractivity contribution in [1.29, 1.82) is 0 Å². The number of carbonyl (C=O) groups excluding carboxylic acids is 2. The molecule has 7 nitrogen and oxygen atoms in total. The van der Waals surface area contributed by atoms with Crippen LogP contribution in [0.5, 0.6) is 0 Å². The Morgan fingerprint density at radius 3 is 2.88 bits per heavy atom. The van der Waals surface area contributed by atoms with Crippen molar-refractivity contribution in [2.75, 3.05) is 33.3 Å². The first-order valence-corrected chi connectivity index (χ1v) is 9.43. The van der Waals surface area contributed by atoms with Gasteiger partial charge in [0.1, 0.15) is 6.04 Å². The molecule has 7 heteroatoms. The van der Waals surface area contributed by atoms with Crippen LogP contribution < -0.4 is 5.32 Å². The monoisotopic (exact) mass is 364 g/mol. The molecular weight excluding hydrogens is 332 g/mol. The Morgan fingerprint density at radius 1 is 1.54 bits per heavy atom. The zero-order valence-electron chi connectivity index (χ0n) is 16.4. The summed E-state index contributed by atoms with van der Waals surface area (Å²) in [6, 6.07) is -0.863. The fourth-order valence-electron chi connectivity index (χ4n) is 3.42. The third-order valence-electron chi connectivity index (χ3n) is 5.14. The Bertz CT molecular complexity index is 563. The summed E-state index contributed by atoms with van der Waals surface area (Å²) in [5.41, 5.74) is 0.886. The van der Waals surface area contributed by atoms with E-state index in [0.29, 0.717) is 6.54 Å². The van der Waals surface area contributed by atoms with Crippen molar-refractivity contribution < 1.29 is 14.4 Å². The van der Waals surface area contributed by atoms with Crippen molar-refractivity contribution in [3.63, 3.8) is 0 Å². The van der Waals surface area contributed by atoms with E-state index in [9.17, 15) is 9.59 Å². The van der Waals surface area contributed by atoms with Gasteiger partial charge in [0.15, 0.2) is 0 Å². The smallest absolute Gasteiger partial charge is 0.345 e. The number of hydrogen-bond donors (Lipinski definition) is 1. The highest BCUT2D eigenvalue weighted by atomic mass is 16.7. The van der Waals surface area contributed by atoms with Crippen molar-refractivity contribution in [2.24, 2.45) is 0 Å². The van der Waals surface area contributed by atoms with E-state index in [1.54, 1.807) is 11.0 Å². The summed E-state index contributed by atoms with van der Waals surface area (Å²) in [4.78, 5) is 34.8. The maximum atomic E-state index is 12.9. The van der Waals surface area contributed by atoms with Gasteiger partial charge in [0.05, 0.1) is 19.2 Å². The zero-order valence-corrected chi connectivity index (χ0v) is 16.4. The maximum absolute atomic E-state index is 12.9. The molecule has 0 aliphatic carbocycles. The quantitative estimate of drug-likeness (QED) is 0.600. The van der Waals surface area contributed by atoms with Crippen LogP contribution in [0.2, 0.25) is 0 Å². The van der Waals surface area contributed by atoms with Crippen LogP contribution in [0, 0.1) is 0 Å². The minimum atomic E-state index is -0.561. The highest BCUT2D eigenvalue weighted by Gasteiger charge is 2.47. The molecule has 3 amide bonds. The van der Waals surface area contributed by atoms with Crippen LogP contribution in [0.1, 0.15) is 33.6 Å². The first-order chi connectivity index (χ1) is 12.4. The van der Waals surface area contributed by atoms with Crippen molar-refractivity contribution in [1.82, 2.24) is 20.2 Å². The number of nitrogens with zero attached hydrogens (tertiary/aromatic N) is 3. The topological polar surface area (TPSA) is 65.1 Å². The number of carbonyl (C=O) groups is 2. The summed E-state index contributed by atoms with van der Waals surface area (Å²) in [5.74, 6) is -0.109. The van der Waals surface area contributed by atoms with Gasteiger partial charge in [-0.25, -0.2) is 4.79 Å². The van der Waals surface area contributed by atoms with Gasteiger partial charge in [0.25, 0.3) is 0 Å². The normalized spacial score (nSPS) is 23.3. The van der Waals surface area contributed by atoms with Gasteiger partial charge >= 0.3 is 6.03 Å². The van der Waals surface area contributed by atoms with E-state index in [2.05, 4.69) is 37.7 Å². The van der Waals surface area contributed by atoms with Gasteiger partial charge in [-0.1, -0.05) is 26.0 Å². The van der Waals surface area contributed by atoms with Crippen molar-refractivity contribution >= 4 is 11.9 Å². The number of amides is 3. The first kappa shape index (κ1) is 20.5. The molecule has 2 bridgehead atoms. The predicted molar refractivity (Wildman–Crippen MR) is 101 cm³/mol. The highest BCUT2D eigenvalue weighted by molar-refractivity contribution is 5.91. The molecule has 0 aromatic heterocycles. The van der Waals surface area contributed by atoms with E-state index in [0.717, 1.165) is 31.5 Å². The molecule has 1 saturated heterocycles. The molecule has 1 N–H and O–H groups in total. The number of hydroxylamine groups is 2. The Balaban J connectivity index is 2.02. The maximum Gasteiger partial charge on any atom is 0.345 e. The molecule has 2 heterocycles. The van der Waals surface area contributed by atoms with Crippen molar-refractivity contribution in [3.8, 4) is 0 Å². The van der Waals surface area contributed by atoms with Crippen LogP contribution in [0.3, 0.4) is 0 Å². The second kappa shape index (κ2) is 9.19. The molecule has 146 valence electrons. The molecule has 3 unspecified atom stereocenters. The second-order valence-electron chi connectivity index (χ2n) is 7.02. The molecule has 26 heavy (non-hydrogen) atoms. The summed E-state index contributed by atoms with van der Waals surface area (Å²) in [7, 11) is 2.07. The Hall–Kier alpha value is -1.86. The lowest BCUT2D eigenvalue weighted by molar-refractivity contribution is -0.125. The largest absolute Gasteiger partial charge is 0.351 e. The number of fused-ring (bicyclic) bond motifs is 2. The summed E-state index contributed by atoms with van der Waals surface area (Å²) in [5, 5.41) is 4.48. The van der Waals surface area contributed by atoms with E-state index < -0.39 is 6.04 Å². The van der Waals surface area contributed by atoms with Crippen LogP contribution in [-0.2, 0) is 9.63 Å². The van der Waals surface area contributed by atoms with Gasteiger partial charge < -0.3 is 15.1 Å².